The maximum atomic E-state index is 11.9. The van der Waals surface area contributed by atoms with Crippen LogP contribution in [-0.4, -0.2) is 26.3 Å². The molecular formula is C16H19NO4. The first kappa shape index (κ1) is 16.6. The molecule has 1 rings (SSSR count). The first-order valence-electron chi connectivity index (χ1n) is 6.49. The molecule has 5 nitrogen and oxygen atoms in total. The number of esters is 1. The third kappa shape index (κ3) is 3.99. The number of carbonyl (C=O) groups excluding carboxylic acids is 1. The molecule has 21 heavy (non-hydrogen) atoms. The molecule has 0 fully saturated rings. The largest absolute Gasteiger partial charge is 0.493 e. The molecule has 0 amide bonds. The molecule has 0 aliphatic carbocycles. The van der Waals surface area contributed by atoms with Crippen LogP contribution < -0.4 is 9.47 Å². The predicted molar refractivity (Wildman–Crippen MR) is 79.0 cm³/mol. The average Bonchev–Trinajstić information content (AvgIpc) is 2.46. The maximum Gasteiger partial charge on any atom is 0.349 e. The Morgan fingerprint density at radius 2 is 1.81 bits per heavy atom. The van der Waals surface area contributed by atoms with Gasteiger partial charge in [0.05, 0.1) is 20.3 Å². The Balaban J connectivity index is 3.26. The van der Waals surface area contributed by atoms with E-state index in [2.05, 4.69) is 0 Å². The fourth-order valence-corrected chi connectivity index (χ4v) is 1.77. The van der Waals surface area contributed by atoms with Crippen LogP contribution in [0.15, 0.2) is 23.8 Å². The molecule has 1 aromatic carbocycles. The average molecular weight is 289 g/mol. The fourth-order valence-electron chi connectivity index (χ4n) is 1.77. The standard InChI is InChI=1S/C16H19NO4/c1-10(2)21-16(18)13(9-17)11(3)12-6-7-14(19-4)15(8-12)20-5/h6-8,10H,1-5H3/b13-11+. The third-order valence-corrected chi connectivity index (χ3v) is 2.85. The number of benzene rings is 1. The summed E-state index contributed by atoms with van der Waals surface area (Å²) in [7, 11) is 3.07. The van der Waals surface area contributed by atoms with Crippen LogP contribution in [-0.2, 0) is 9.53 Å². The van der Waals surface area contributed by atoms with Crippen LogP contribution in [0.5, 0.6) is 11.5 Å². The van der Waals surface area contributed by atoms with Crippen LogP contribution in [0.25, 0.3) is 5.57 Å². The van der Waals surface area contributed by atoms with Crippen molar-refractivity contribution in [2.75, 3.05) is 14.2 Å². The summed E-state index contributed by atoms with van der Waals surface area (Å²) in [5.41, 5.74) is 1.21. The summed E-state index contributed by atoms with van der Waals surface area (Å²) < 4.78 is 15.5. The minimum atomic E-state index is -0.625. The summed E-state index contributed by atoms with van der Waals surface area (Å²) in [5, 5.41) is 9.20. The number of methoxy groups -OCH3 is 2. The molecule has 0 aliphatic rings. The minimum absolute atomic E-state index is 0.0177. The Labute approximate surface area is 124 Å². The van der Waals surface area contributed by atoms with E-state index in [1.165, 1.54) is 7.11 Å². The van der Waals surface area contributed by atoms with Gasteiger partial charge < -0.3 is 14.2 Å². The molecule has 0 heterocycles. The molecule has 0 saturated heterocycles. The van der Waals surface area contributed by atoms with Gasteiger partial charge in [0, 0.05) is 0 Å². The molecule has 0 spiro atoms. The first-order valence-corrected chi connectivity index (χ1v) is 6.49. The Morgan fingerprint density at radius 1 is 1.19 bits per heavy atom. The van der Waals surface area contributed by atoms with Gasteiger partial charge in [-0.1, -0.05) is 6.07 Å². The van der Waals surface area contributed by atoms with E-state index in [1.54, 1.807) is 46.1 Å². The second kappa shape index (κ2) is 7.34. The predicted octanol–water partition coefficient (Wildman–Crippen LogP) is 2.95. The lowest BCUT2D eigenvalue weighted by molar-refractivity contribution is -0.142. The van der Waals surface area contributed by atoms with Crippen LogP contribution in [0.1, 0.15) is 26.3 Å². The summed E-state index contributed by atoms with van der Waals surface area (Å²) >= 11 is 0. The number of hydrogen-bond acceptors (Lipinski definition) is 5. The number of hydrogen-bond donors (Lipinski definition) is 0. The number of rotatable bonds is 5. The molecule has 5 heteroatoms. The van der Waals surface area contributed by atoms with Gasteiger partial charge in [0.15, 0.2) is 11.5 Å². The van der Waals surface area contributed by atoms with Crippen LogP contribution >= 0.6 is 0 Å². The molecule has 0 unspecified atom stereocenters. The summed E-state index contributed by atoms with van der Waals surface area (Å²) in [6.07, 6.45) is -0.279. The highest BCUT2D eigenvalue weighted by atomic mass is 16.5. The summed E-state index contributed by atoms with van der Waals surface area (Å²) in [6.45, 7) is 5.17. The van der Waals surface area contributed by atoms with E-state index in [4.69, 9.17) is 14.2 Å². The van der Waals surface area contributed by atoms with Crippen LogP contribution in [0.3, 0.4) is 0 Å². The second-order valence-electron chi connectivity index (χ2n) is 4.64. The van der Waals surface area contributed by atoms with Gasteiger partial charge in [0.25, 0.3) is 0 Å². The second-order valence-corrected chi connectivity index (χ2v) is 4.64. The minimum Gasteiger partial charge on any atom is -0.493 e. The molecule has 0 aliphatic heterocycles. The Bertz CT molecular complexity index is 597. The van der Waals surface area contributed by atoms with E-state index in [-0.39, 0.29) is 11.7 Å². The highest BCUT2D eigenvalue weighted by molar-refractivity contribution is 6.01. The molecule has 1 aromatic rings. The van der Waals surface area contributed by atoms with E-state index in [9.17, 15) is 10.1 Å². The fraction of sp³-hybridized carbons (Fsp3) is 0.375. The van der Waals surface area contributed by atoms with Crippen molar-refractivity contribution in [3.8, 4) is 17.6 Å². The molecule has 0 atom stereocenters. The van der Waals surface area contributed by atoms with Gasteiger partial charge in [-0.2, -0.15) is 5.26 Å². The lowest BCUT2D eigenvalue weighted by atomic mass is 10.0. The molecular weight excluding hydrogens is 270 g/mol. The number of ether oxygens (including phenoxy) is 3. The summed E-state index contributed by atoms with van der Waals surface area (Å²) in [5.74, 6) is 0.487. The van der Waals surface area contributed by atoms with Gasteiger partial charge in [0.1, 0.15) is 11.6 Å². The van der Waals surface area contributed by atoms with Crippen LogP contribution in [0, 0.1) is 11.3 Å². The number of nitriles is 1. The van der Waals surface area contributed by atoms with Crippen LogP contribution in [0.4, 0.5) is 0 Å². The van der Waals surface area contributed by atoms with E-state index < -0.39 is 5.97 Å². The van der Waals surface area contributed by atoms with Gasteiger partial charge in [-0.15, -0.1) is 0 Å². The molecule has 0 radical (unpaired) electrons. The quantitative estimate of drug-likeness (QED) is 0.473. The van der Waals surface area contributed by atoms with Gasteiger partial charge in [-0.05, 0) is 44.0 Å². The smallest absolute Gasteiger partial charge is 0.349 e. The normalized spacial score (nSPS) is 11.5. The molecule has 112 valence electrons. The monoisotopic (exact) mass is 289 g/mol. The molecule has 0 bridgehead atoms. The first-order chi connectivity index (χ1) is 9.94. The van der Waals surface area contributed by atoms with Crippen molar-refractivity contribution in [2.24, 2.45) is 0 Å². The summed E-state index contributed by atoms with van der Waals surface area (Å²) in [6, 6.07) is 7.10. The van der Waals surface area contributed by atoms with E-state index >= 15 is 0 Å². The summed E-state index contributed by atoms with van der Waals surface area (Å²) in [4.78, 5) is 11.9. The van der Waals surface area contributed by atoms with Gasteiger partial charge in [-0.25, -0.2) is 4.79 Å². The SMILES string of the molecule is COc1ccc(/C(C)=C(\C#N)C(=O)OC(C)C)cc1OC. The Kier molecular flexibility index (Phi) is 5.79. The van der Waals surface area contributed by atoms with Crippen molar-refractivity contribution in [1.29, 1.82) is 5.26 Å². The zero-order valence-corrected chi connectivity index (χ0v) is 12.9. The number of nitrogens with zero attached hydrogens (tertiary/aromatic N) is 1. The maximum absolute atomic E-state index is 11.9. The Hall–Kier alpha value is -2.48. The third-order valence-electron chi connectivity index (χ3n) is 2.85. The number of carbonyl (C=O) groups is 1. The van der Waals surface area contributed by atoms with Crippen molar-refractivity contribution >= 4 is 11.5 Å². The van der Waals surface area contributed by atoms with Crippen molar-refractivity contribution in [2.45, 2.75) is 26.9 Å². The van der Waals surface area contributed by atoms with Gasteiger partial charge in [-0.3, -0.25) is 0 Å². The lowest BCUT2D eigenvalue weighted by Gasteiger charge is -2.12. The lowest BCUT2D eigenvalue weighted by Crippen LogP contribution is -2.13. The zero-order valence-electron chi connectivity index (χ0n) is 12.9. The highest BCUT2D eigenvalue weighted by Gasteiger charge is 2.17. The van der Waals surface area contributed by atoms with E-state index in [0.29, 0.717) is 22.6 Å². The zero-order chi connectivity index (χ0) is 16.0. The van der Waals surface area contributed by atoms with Crippen molar-refractivity contribution in [1.82, 2.24) is 0 Å². The van der Waals surface area contributed by atoms with Gasteiger partial charge >= 0.3 is 5.97 Å². The number of allylic oxidation sites excluding steroid dienone is 1. The van der Waals surface area contributed by atoms with Crippen molar-refractivity contribution < 1.29 is 19.0 Å². The Morgan fingerprint density at radius 3 is 2.29 bits per heavy atom. The highest BCUT2D eigenvalue weighted by Crippen LogP contribution is 2.31. The van der Waals surface area contributed by atoms with Crippen molar-refractivity contribution in [3.05, 3.63) is 29.3 Å². The van der Waals surface area contributed by atoms with E-state index in [1.807, 2.05) is 6.07 Å². The molecule has 0 N–H and O–H groups in total. The van der Waals surface area contributed by atoms with Gasteiger partial charge in [0.2, 0.25) is 0 Å². The van der Waals surface area contributed by atoms with Crippen LogP contribution in [0.2, 0.25) is 0 Å². The van der Waals surface area contributed by atoms with E-state index in [0.717, 1.165) is 0 Å². The topological polar surface area (TPSA) is 68.5 Å². The molecule has 0 aromatic heterocycles. The van der Waals surface area contributed by atoms with Crippen molar-refractivity contribution in [3.63, 3.8) is 0 Å². The molecule has 0 saturated carbocycles.